The van der Waals surface area contributed by atoms with Gasteiger partial charge in [-0.2, -0.15) is 0 Å². The highest BCUT2D eigenvalue weighted by Gasteiger charge is 2.31. The van der Waals surface area contributed by atoms with Crippen molar-refractivity contribution in [1.82, 2.24) is 5.32 Å². The summed E-state index contributed by atoms with van der Waals surface area (Å²) in [5.41, 5.74) is 0.834. The Morgan fingerprint density at radius 2 is 1.76 bits per heavy atom. The zero-order valence-electron chi connectivity index (χ0n) is 14.7. The van der Waals surface area contributed by atoms with Crippen LogP contribution in [0.15, 0.2) is 18.2 Å². The number of hydrogen-bond acceptors (Lipinski definition) is 4. The van der Waals surface area contributed by atoms with Crippen molar-refractivity contribution in [1.29, 1.82) is 0 Å². The second-order valence-corrected chi connectivity index (χ2v) is 7.56. The average Bonchev–Trinajstić information content (AvgIpc) is 3.07. The van der Waals surface area contributed by atoms with Crippen LogP contribution >= 0.6 is 0 Å². The summed E-state index contributed by atoms with van der Waals surface area (Å²) in [5, 5.41) is 12.1. The molecular weight excluding hydrogens is 322 g/mol. The molecule has 0 aromatic heterocycles. The molecule has 0 radical (unpaired) electrons. The molecule has 0 saturated heterocycles. The molecule has 0 unspecified atom stereocenters. The Bertz CT molecular complexity index is 662. The Balaban J connectivity index is 1.55. The van der Waals surface area contributed by atoms with Gasteiger partial charge in [0.1, 0.15) is 0 Å². The van der Waals surface area contributed by atoms with E-state index in [1.54, 1.807) is 0 Å². The second kappa shape index (κ2) is 6.94. The number of carboxylic acid groups (broad SMARTS) is 1. The van der Waals surface area contributed by atoms with Crippen molar-refractivity contribution >= 4 is 11.9 Å². The van der Waals surface area contributed by atoms with Crippen molar-refractivity contribution in [2.24, 2.45) is 11.8 Å². The number of carbonyl (C=O) groups is 2. The van der Waals surface area contributed by atoms with E-state index in [4.69, 9.17) is 14.6 Å². The number of ether oxygens (including phenoxy) is 2. The van der Waals surface area contributed by atoms with Crippen LogP contribution in [-0.4, -0.2) is 30.3 Å². The molecule has 1 aromatic rings. The van der Waals surface area contributed by atoms with E-state index in [1.807, 2.05) is 18.2 Å². The molecule has 6 heteroatoms. The zero-order chi connectivity index (χ0) is 18.0. The average molecular weight is 347 g/mol. The van der Waals surface area contributed by atoms with Crippen molar-refractivity contribution in [2.75, 3.05) is 13.3 Å². The van der Waals surface area contributed by atoms with Gasteiger partial charge < -0.3 is 19.9 Å². The highest BCUT2D eigenvalue weighted by atomic mass is 16.7. The Hall–Kier alpha value is -2.24. The van der Waals surface area contributed by atoms with E-state index in [2.05, 4.69) is 19.2 Å². The summed E-state index contributed by atoms with van der Waals surface area (Å²) < 4.78 is 10.8. The third-order valence-corrected chi connectivity index (χ3v) is 5.31. The monoisotopic (exact) mass is 347 g/mol. The number of fused-ring (bicyclic) bond motifs is 1. The van der Waals surface area contributed by atoms with E-state index in [9.17, 15) is 9.59 Å². The van der Waals surface area contributed by atoms with Crippen molar-refractivity contribution in [3.8, 4) is 11.5 Å². The van der Waals surface area contributed by atoms with Crippen LogP contribution in [0.25, 0.3) is 0 Å². The lowest BCUT2D eigenvalue weighted by Gasteiger charge is -2.29. The maximum absolute atomic E-state index is 12.4. The number of aliphatic carboxylic acids is 1. The number of carbonyl (C=O) groups excluding carboxylic acids is 1. The molecule has 0 bridgehead atoms. The van der Waals surface area contributed by atoms with Gasteiger partial charge in [0.25, 0.3) is 0 Å². The van der Waals surface area contributed by atoms with Gasteiger partial charge in [0.2, 0.25) is 12.7 Å². The summed E-state index contributed by atoms with van der Waals surface area (Å²) in [6.07, 6.45) is 2.46. The maximum atomic E-state index is 12.4. The van der Waals surface area contributed by atoms with E-state index < -0.39 is 5.97 Å². The van der Waals surface area contributed by atoms with E-state index >= 15 is 0 Å². The smallest absolute Gasteiger partial charge is 0.306 e. The molecule has 2 N–H and O–H groups in total. The minimum absolute atomic E-state index is 0.0256. The Kier molecular flexibility index (Phi) is 4.88. The number of nitrogens with one attached hydrogen (secondary N) is 1. The van der Waals surface area contributed by atoms with Crippen LogP contribution in [0.5, 0.6) is 11.5 Å². The molecule has 1 heterocycles. The number of rotatable bonds is 5. The van der Waals surface area contributed by atoms with Gasteiger partial charge in [-0.25, -0.2) is 0 Å². The summed E-state index contributed by atoms with van der Waals surface area (Å²) in [5.74, 6) is 0.389. The van der Waals surface area contributed by atoms with Gasteiger partial charge in [0.15, 0.2) is 11.5 Å². The van der Waals surface area contributed by atoms with Gasteiger partial charge in [0.05, 0.1) is 5.92 Å². The largest absolute Gasteiger partial charge is 0.481 e. The van der Waals surface area contributed by atoms with Crippen LogP contribution in [0.3, 0.4) is 0 Å². The Morgan fingerprint density at radius 1 is 1.12 bits per heavy atom. The molecule has 3 rings (SSSR count). The van der Waals surface area contributed by atoms with E-state index in [1.165, 1.54) is 0 Å². The fourth-order valence-electron chi connectivity index (χ4n) is 3.47. The fourth-order valence-corrected chi connectivity index (χ4v) is 3.47. The Morgan fingerprint density at radius 3 is 2.44 bits per heavy atom. The minimum atomic E-state index is -0.747. The third kappa shape index (κ3) is 3.89. The highest BCUT2D eigenvalue weighted by molar-refractivity contribution is 5.79. The number of benzene rings is 1. The first-order valence-electron chi connectivity index (χ1n) is 8.77. The van der Waals surface area contributed by atoms with Gasteiger partial charge in [-0.05, 0) is 43.4 Å². The molecule has 1 saturated carbocycles. The summed E-state index contributed by atoms with van der Waals surface area (Å²) in [7, 11) is 0. The fraction of sp³-hybridized carbons (Fsp3) is 0.579. The SMILES string of the molecule is CC(C)(CNC(=O)C1CCC(C(=O)O)CC1)c1ccc2c(c1)OCO2. The number of carboxylic acids is 1. The van der Waals surface area contributed by atoms with Crippen molar-refractivity contribution in [2.45, 2.75) is 44.9 Å². The van der Waals surface area contributed by atoms with Crippen molar-refractivity contribution in [3.05, 3.63) is 23.8 Å². The van der Waals surface area contributed by atoms with Crippen LogP contribution in [-0.2, 0) is 15.0 Å². The van der Waals surface area contributed by atoms with E-state index in [0.29, 0.717) is 32.2 Å². The molecule has 0 spiro atoms. The summed E-state index contributed by atoms with van der Waals surface area (Å²) in [6, 6.07) is 5.86. The van der Waals surface area contributed by atoms with Gasteiger partial charge in [-0.15, -0.1) is 0 Å². The molecule has 6 nitrogen and oxygen atoms in total. The van der Waals surface area contributed by atoms with E-state index in [-0.39, 0.29) is 30.0 Å². The van der Waals surface area contributed by atoms with Gasteiger partial charge in [-0.3, -0.25) is 9.59 Å². The molecule has 0 atom stereocenters. The lowest BCUT2D eigenvalue weighted by molar-refractivity contribution is -0.144. The summed E-state index contributed by atoms with van der Waals surface area (Å²) in [4.78, 5) is 23.4. The first kappa shape index (κ1) is 17.6. The third-order valence-electron chi connectivity index (χ3n) is 5.31. The molecule has 1 aliphatic carbocycles. The van der Waals surface area contributed by atoms with Gasteiger partial charge >= 0.3 is 5.97 Å². The molecule has 136 valence electrons. The lowest BCUT2D eigenvalue weighted by atomic mass is 9.81. The molecule has 1 fully saturated rings. The summed E-state index contributed by atoms with van der Waals surface area (Å²) >= 11 is 0. The first-order chi connectivity index (χ1) is 11.9. The predicted octanol–water partition coefficient (Wildman–Crippen LogP) is 2.70. The predicted molar refractivity (Wildman–Crippen MR) is 91.7 cm³/mol. The molecule has 2 aliphatic rings. The number of hydrogen-bond donors (Lipinski definition) is 2. The van der Waals surface area contributed by atoms with E-state index in [0.717, 1.165) is 17.1 Å². The summed E-state index contributed by atoms with van der Waals surface area (Å²) in [6.45, 7) is 4.91. The maximum Gasteiger partial charge on any atom is 0.306 e. The highest BCUT2D eigenvalue weighted by Crippen LogP contribution is 2.36. The van der Waals surface area contributed by atoms with Crippen molar-refractivity contribution in [3.63, 3.8) is 0 Å². The number of amides is 1. The molecule has 1 amide bonds. The van der Waals surface area contributed by atoms with Crippen LogP contribution in [0.1, 0.15) is 45.1 Å². The van der Waals surface area contributed by atoms with Crippen LogP contribution in [0.4, 0.5) is 0 Å². The van der Waals surface area contributed by atoms with Crippen molar-refractivity contribution < 1.29 is 24.2 Å². The van der Waals surface area contributed by atoms with Crippen LogP contribution in [0.2, 0.25) is 0 Å². The molecule has 1 aromatic carbocycles. The van der Waals surface area contributed by atoms with Gasteiger partial charge in [-0.1, -0.05) is 19.9 Å². The zero-order valence-corrected chi connectivity index (χ0v) is 14.7. The normalized spacial score (nSPS) is 22.5. The second-order valence-electron chi connectivity index (χ2n) is 7.56. The molecule has 1 aliphatic heterocycles. The van der Waals surface area contributed by atoms with Gasteiger partial charge in [0, 0.05) is 17.9 Å². The quantitative estimate of drug-likeness (QED) is 0.855. The lowest BCUT2D eigenvalue weighted by Crippen LogP contribution is -2.41. The van der Waals surface area contributed by atoms with Crippen LogP contribution in [0, 0.1) is 11.8 Å². The minimum Gasteiger partial charge on any atom is -0.481 e. The topological polar surface area (TPSA) is 84.9 Å². The Labute approximate surface area is 147 Å². The van der Waals surface area contributed by atoms with Crippen LogP contribution < -0.4 is 14.8 Å². The molecular formula is C19H25NO5. The first-order valence-corrected chi connectivity index (χ1v) is 8.77. The standard InChI is InChI=1S/C19H25NO5/c1-19(2,14-7-8-15-16(9-14)25-11-24-15)10-20-17(21)12-3-5-13(6-4-12)18(22)23/h7-9,12-13H,3-6,10-11H2,1-2H3,(H,20,21)(H,22,23). The molecule has 25 heavy (non-hydrogen) atoms.